The molecule has 0 saturated carbocycles. The van der Waals surface area contributed by atoms with Crippen LogP contribution in [-0.2, 0) is 9.53 Å². The molecule has 9 heteroatoms. The third-order valence-electron chi connectivity index (χ3n) is 4.45. The lowest BCUT2D eigenvalue weighted by molar-refractivity contribution is -0.119. The third-order valence-corrected chi connectivity index (χ3v) is 5.28. The van der Waals surface area contributed by atoms with Gasteiger partial charge in [-0.15, -0.1) is 0 Å². The fourth-order valence-electron chi connectivity index (χ4n) is 2.98. The molecule has 1 unspecified atom stereocenters. The number of anilines is 1. The zero-order valence-corrected chi connectivity index (χ0v) is 14.7. The summed E-state index contributed by atoms with van der Waals surface area (Å²) in [5, 5.41) is 4.84. The summed E-state index contributed by atoms with van der Waals surface area (Å²) in [6.07, 6.45) is 3.18. The van der Waals surface area contributed by atoms with Gasteiger partial charge in [-0.1, -0.05) is 35.3 Å². The fourth-order valence-corrected chi connectivity index (χ4v) is 3.39. The number of carbonyl (C=O) groups is 2. The molecule has 2 aromatic rings. The van der Waals surface area contributed by atoms with Crippen LogP contribution in [0, 0.1) is 0 Å². The molecule has 4 rings (SSSR count). The normalized spacial score (nSPS) is 21.2. The van der Waals surface area contributed by atoms with E-state index in [9.17, 15) is 9.59 Å². The van der Waals surface area contributed by atoms with Crippen molar-refractivity contribution in [2.45, 2.75) is 12.1 Å². The molecule has 2 saturated heterocycles. The summed E-state index contributed by atoms with van der Waals surface area (Å²) in [6, 6.07) is 3.91. The van der Waals surface area contributed by atoms with E-state index in [1.54, 1.807) is 36.1 Å². The molecule has 3 heterocycles. The lowest BCUT2D eigenvalue weighted by Gasteiger charge is -2.25. The number of halogens is 2. The van der Waals surface area contributed by atoms with E-state index in [0.29, 0.717) is 29.5 Å². The van der Waals surface area contributed by atoms with Crippen molar-refractivity contribution in [2.24, 2.45) is 0 Å². The molecular formula is C16H14Cl2N4O3. The van der Waals surface area contributed by atoms with Gasteiger partial charge in [0.25, 0.3) is 5.91 Å². The van der Waals surface area contributed by atoms with Crippen LogP contribution in [0.3, 0.4) is 0 Å². The van der Waals surface area contributed by atoms with E-state index in [1.165, 1.54) is 11.1 Å². The molecule has 0 aliphatic carbocycles. The third kappa shape index (κ3) is 2.50. The Morgan fingerprint density at radius 2 is 2.00 bits per heavy atom. The number of nitrogens with zero attached hydrogens (tertiary/aromatic N) is 4. The van der Waals surface area contributed by atoms with Crippen LogP contribution >= 0.6 is 23.2 Å². The number of hydrogen-bond donors (Lipinski definition) is 0. The molecule has 0 radical (unpaired) electrons. The Kier molecular flexibility index (Phi) is 3.94. The van der Waals surface area contributed by atoms with Crippen LogP contribution in [0.25, 0.3) is 0 Å². The molecule has 1 atom stereocenters. The first-order valence-corrected chi connectivity index (χ1v) is 8.41. The number of benzene rings is 1. The predicted octanol–water partition coefficient (Wildman–Crippen LogP) is 2.90. The maximum absolute atomic E-state index is 13.0. The predicted molar refractivity (Wildman–Crippen MR) is 91.9 cm³/mol. The SMILES string of the molecule is CN1C(=O)N(c2cnn(C3COC3)c2)C(=O)C1c1cccc(Cl)c1Cl. The number of rotatable bonds is 3. The van der Waals surface area contributed by atoms with Crippen molar-refractivity contribution in [3.05, 3.63) is 46.2 Å². The zero-order valence-electron chi connectivity index (χ0n) is 13.2. The number of urea groups is 1. The van der Waals surface area contributed by atoms with Crippen LogP contribution in [0.5, 0.6) is 0 Å². The summed E-state index contributed by atoms with van der Waals surface area (Å²) in [7, 11) is 1.56. The van der Waals surface area contributed by atoms with Gasteiger partial charge in [-0.05, 0) is 6.07 Å². The minimum atomic E-state index is -0.825. The highest BCUT2D eigenvalue weighted by Gasteiger charge is 2.46. The van der Waals surface area contributed by atoms with Gasteiger partial charge in [0.05, 0.1) is 41.2 Å². The summed E-state index contributed by atoms with van der Waals surface area (Å²) in [5.74, 6) is -0.388. The molecule has 2 aliphatic heterocycles. The topological polar surface area (TPSA) is 67.7 Å². The summed E-state index contributed by atoms with van der Waals surface area (Å²) in [5.41, 5.74) is 0.923. The Morgan fingerprint density at radius 3 is 2.68 bits per heavy atom. The van der Waals surface area contributed by atoms with Gasteiger partial charge in [0.15, 0.2) is 0 Å². The zero-order chi connectivity index (χ0) is 17.7. The Hall–Kier alpha value is -2.09. The quantitative estimate of drug-likeness (QED) is 0.767. The van der Waals surface area contributed by atoms with Crippen LogP contribution in [0.15, 0.2) is 30.6 Å². The molecule has 7 nitrogen and oxygen atoms in total. The van der Waals surface area contributed by atoms with E-state index in [2.05, 4.69) is 5.10 Å². The maximum atomic E-state index is 13.0. The lowest BCUT2D eigenvalue weighted by atomic mass is 10.1. The minimum absolute atomic E-state index is 0.137. The van der Waals surface area contributed by atoms with E-state index in [-0.39, 0.29) is 17.0 Å². The van der Waals surface area contributed by atoms with Crippen molar-refractivity contribution < 1.29 is 14.3 Å². The molecule has 0 bridgehead atoms. The Balaban J connectivity index is 1.69. The summed E-state index contributed by atoms with van der Waals surface area (Å²) >= 11 is 12.3. The van der Waals surface area contributed by atoms with E-state index in [0.717, 1.165) is 4.90 Å². The van der Waals surface area contributed by atoms with Gasteiger partial charge in [-0.3, -0.25) is 9.48 Å². The van der Waals surface area contributed by atoms with Crippen LogP contribution in [-0.4, -0.2) is 46.9 Å². The molecule has 1 aromatic carbocycles. The van der Waals surface area contributed by atoms with Crippen molar-refractivity contribution >= 4 is 40.8 Å². The molecule has 0 N–H and O–H groups in total. The number of carbonyl (C=O) groups excluding carboxylic acids is 2. The van der Waals surface area contributed by atoms with Crippen molar-refractivity contribution in [3.8, 4) is 0 Å². The Bertz CT molecular complexity index is 865. The molecule has 3 amide bonds. The van der Waals surface area contributed by atoms with Crippen molar-refractivity contribution in [2.75, 3.05) is 25.2 Å². The monoisotopic (exact) mass is 380 g/mol. The van der Waals surface area contributed by atoms with Gasteiger partial charge in [-0.25, -0.2) is 9.69 Å². The van der Waals surface area contributed by atoms with Gasteiger partial charge in [0.1, 0.15) is 6.04 Å². The van der Waals surface area contributed by atoms with Crippen LogP contribution in [0.1, 0.15) is 17.6 Å². The van der Waals surface area contributed by atoms with Crippen molar-refractivity contribution in [3.63, 3.8) is 0 Å². The van der Waals surface area contributed by atoms with Crippen LogP contribution < -0.4 is 4.90 Å². The van der Waals surface area contributed by atoms with Gasteiger partial charge in [-0.2, -0.15) is 5.10 Å². The van der Waals surface area contributed by atoms with E-state index in [1.807, 2.05) is 0 Å². The highest BCUT2D eigenvalue weighted by atomic mass is 35.5. The summed E-state index contributed by atoms with van der Waals surface area (Å²) < 4.78 is 6.85. The molecule has 25 heavy (non-hydrogen) atoms. The second-order valence-corrected chi connectivity index (χ2v) is 6.77. The summed E-state index contributed by atoms with van der Waals surface area (Å²) in [4.78, 5) is 28.1. The van der Waals surface area contributed by atoms with Gasteiger partial charge in [0, 0.05) is 18.8 Å². The summed E-state index contributed by atoms with van der Waals surface area (Å²) in [6.45, 7) is 1.15. The van der Waals surface area contributed by atoms with Crippen molar-refractivity contribution in [1.29, 1.82) is 0 Å². The molecule has 0 spiro atoms. The highest BCUT2D eigenvalue weighted by molar-refractivity contribution is 6.42. The minimum Gasteiger partial charge on any atom is -0.377 e. The first-order chi connectivity index (χ1) is 12.0. The number of ether oxygens (including phenoxy) is 1. The molecule has 130 valence electrons. The second-order valence-electron chi connectivity index (χ2n) is 5.98. The second kappa shape index (κ2) is 6.01. The smallest absolute Gasteiger partial charge is 0.332 e. The van der Waals surface area contributed by atoms with E-state index >= 15 is 0 Å². The molecular weight excluding hydrogens is 367 g/mol. The first-order valence-electron chi connectivity index (χ1n) is 7.65. The maximum Gasteiger partial charge on any atom is 0.332 e. The fraction of sp³-hybridized carbons (Fsp3) is 0.312. The molecule has 2 aliphatic rings. The first kappa shape index (κ1) is 16.4. The number of hydrogen-bond acceptors (Lipinski definition) is 4. The van der Waals surface area contributed by atoms with Crippen LogP contribution in [0.4, 0.5) is 10.5 Å². The van der Waals surface area contributed by atoms with Gasteiger partial charge in [0.2, 0.25) is 0 Å². The molecule has 2 fully saturated rings. The van der Waals surface area contributed by atoms with Gasteiger partial charge < -0.3 is 9.64 Å². The van der Waals surface area contributed by atoms with Gasteiger partial charge >= 0.3 is 6.03 Å². The number of aromatic nitrogens is 2. The average Bonchev–Trinajstić information content (AvgIpc) is 3.06. The number of likely N-dealkylation sites (N-methyl/N-ethyl adjacent to an activating group) is 1. The Labute approximate surface area is 153 Å². The average molecular weight is 381 g/mol. The molecule has 1 aromatic heterocycles. The number of imide groups is 1. The highest BCUT2D eigenvalue weighted by Crippen LogP contribution is 2.38. The lowest BCUT2D eigenvalue weighted by Crippen LogP contribution is -2.32. The van der Waals surface area contributed by atoms with Crippen molar-refractivity contribution in [1.82, 2.24) is 14.7 Å². The van der Waals surface area contributed by atoms with E-state index < -0.39 is 12.1 Å². The Morgan fingerprint density at radius 1 is 1.24 bits per heavy atom. The largest absolute Gasteiger partial charge is 0.377 e. The van der Waals surface area contributed by atoms with Crippen LogP contribution in [0.2, 0.25) is 10.0 Å². The standard InChI is InChI=1S/C16H14Cl2N4O3/c1-20-14(11-3-2-4-12(17)13(11)18)15(23)22(16(20)24)9-5-19-21(6-9)10-7-25-8-10/h2-6,10,14H,7-8H2,1H3. The number of amides is 3. The van der Waals surface area contributed by atoms with E-state index in [4.69, 9.17) is 27.9 Å².